The second-order valence-electron chi connectivity index (χ2n) is 4.02. The van der Waals surface area contributed by atoms with Crippen LogP contribution in [-0.2, 0) is 0 Å². The second kappa shape index (κ2) is 5.37. The average molecular weight is 238 g/mol. The highest BCUT2D eigenvalue weighted by molar-refractivity contribution is 6.25. The van der Waals surface area contributed by atoms with Crippen LogP contribution in [0.15, 0.2) is 35.9 Å². The van der Waals surface area contributed by atoms with Crippen LogP contribution in [0.3, 0.4) is 0 Å². The number of anilines is 1. The summed E-state index contributed by atoms with van der Waals surface area (Å²) < 4.78 is 0. The van der Waals surface area contributed by atoms with Gasteiger partial charge in [-0.15, -0.1) is 0 Å². The quantitative estimate of drug-likeness (QED) is 0.855. The van der Waals surface area contributed by atoms with Crippen molar-refractivity contribution in [1.29, 1.82) is 0 Å². The van der Waals surface area contributed by atoms with E-state index in [0.717, 1.165) is 37.2 Å². The number of hydrogen-bond acceptors (Lipinski definition) is 2. The van der Waals surface area contributed by atoms with E-state index in [2.05, 4.69) is 11.0 Å². The first-order valence-electron chi connectivity index (χ1n) is 5.60. The highest BCUT2D eigenvalue weighted by Crippen LogP contribution is 2.32. The molecule has 1 aliphatic heterocycles. The normalized spacial score (nSPS) is 20.9. The van der Waals surface area contributed by atoms with Gasteiger partial charge in [-0.1, -0.05) is 35.9 Å². The summed E-state index contributed by atoms with van der Waals surface area (Å²) in [6.07, 6.45) is 3.43. The molecule has 1 aromatic carbocycles. The highest BCUT2D eigenvalue weighted by atomic mass is 35.5. The summed E-state index contributed by atoms with van der Waals surface area (Å²) in [5, 5.41) is 10.0. The van der Waals surface area contributed by atoms with Crippen LogP contribution in [-0.4, -0.2) is 18.2 Å². The molecule has 0 amide bonds. The molecule has 0 aromatic heterocycles. The number of halogens is 1. The van der Waals surface area contributed by atoms with E-state index >= 15 is 0 Å². The zero-order valence-electron chi connectivity index (χ0n) is 9.14. The predicted octanol–water partition coefficient (Wildman–Crippen LogP) is 3.07. The van der Waals surface area contributed by atoms with E-state index in [9.17, 15) is 5.11 Å². The molecular weight excluding hydrogens is 222 g/mol. The number of para-hydroxylation sites is 1. The van der Waals surface area contributed by atoms with Gasteiger partial charge in [0.2, 0.25) is 0 Å². The fraction of sp³-hybridized carbons (Fsp3) is 0.385. The van der Waals surface area contributed by atoms with Gasteiger partial charge < -0.3 is 10.0 Å². The number of aliphatic hydroxyl groups is 1. The van der Waals surface area contributed by atoms with Crippen LogP contribution in [0.25, 0.3) is 0 Å². The van der Waals surface area contributed by atoms with E-state index in [1.807, 2.05) is 24.3 Å². The number of benzene rings is 1. The lowest BCUT2D eigenvalue weighted by molar-refractivity contribution is 0.168. The molecule has 16 heavy (non-hydrogen) atoms. The molecule has 0 radical (unpaired) electrons. The summed E-state index contributed by atoms with van der Waals surface area (Å²) >= 11 is 5.56. The van der Waals surface area contributed by atoms with Gasteiger partial charge in [0.15, 0.2) is 0 Å². The molecule has 1 aromatic rings. The Morgan fingerprint density at radius 3 is 3.06 bits per heavy atom. The van der Waals surface area contributed by atoms with Crippen molar-refractivity contribution in [3.63, 3.8) is 0 Å². The molecule has 1 aliphatic rings. The highest BCUT2D eigenvalue weighted by Gasteiger charge is 2.19. The van der Waals surface area contributed by atoms with Gasteiger partial charge in [-0.2, -0.15) is 0 Å². The number of rotatable bonds is 2. The maximum absolute atomic E-state index is 10.0. The minimum Gasteiger partial charge on any atom is -0.388 e. The van der Waals surface area contributed by atoms with Gasteiger partial charge in [-0.3, -0.25) is 0 Å². The van der Waals surface area contributed by atoms with Crippen LogP contribution in [0.5, 0.6) is 0 Å². The molecule has 1 atom stereocenters. The molecule has 86 valence electrons. The van der Waals surface area contributed by atoms with E-state index in [-0.39, 0.29) is 6.10 Å². The zero-order valence-corrected chi connectivity index (χ0v) is 9.90. The molecule has 0 bridgehead atoms. The van der Waals surface area contributed by atoms with Crippen molar-refractivity contribution in [2.45, 2.75) is 18.9 Å². The summed E-state index contributed by atoms with van der Waals surface area (Å²) in [6.45, 7) is 1.77. The van der Waals surface area contributed by atoms with Crippen molar-refractivity contribution in [2.75, 3.05) is 18.0 Å². The van der Waals surface area contributed by atoms with E-state index in [0.29, 0.717) is 0 Å². The molecule has 0 saturated heterocycles. The van der Waals surface area contributed by atoms with Crippen LogP contribution in [0.1, 0.15) is 24.5 Å². The van der Waals surface area contributed by atoms with Crippen LogP contribution < -0.4 is 4.90 Å². The van der Waals surface area contributed by atoms with E-state index in [1.54, 1.807) is 5.54 Å². The lowest BCUT2D eigenvalue weighted by Gasteiger charge is -2.23. The third kappa shape index (κ3) is 2.39. The molecule has 0 aliphatic carbocycles. The maximum atomic E-state index is 10.0. The Hall–Kier alpha value is -0.990. The zero-order chi connectivity index (χ0) is 11.4. The summed E-state index contributed by atoms with van der Waals surface area (Å²) in [7, 11) is 0. The van der Waals surface area contributed by atoms with Crippen LogP contribution in [0.2, 0.25) is 0 Å². The molecule has 3 heteroatoms. The van der Waals surface area contributed by atoms with E-state index in [4.69, 9.17) is 11.6 Å². The van der Waals surface area contributed by atoms with Gasteiger partial charge in [-0.05, 0) is 18.9 Å². The monoisotopic (exact) mass is 237 g/mol. The molecule has 1 unspecified atom stereocenters. The Kier molecular flexibility index (Phi) is 3.86. The van der Waals surface area contributed by atoms with Crippen molar-refractivity contribution >= 4 is 17.3 Å². The molecule has 1 heterocycles. The Balaban J connectivity index is 2.31. The number of hydrogen-bond donors (Lipinski definition) is 1. The Labute approximate surface area is 101 Å². The summed E-state index contributed by atoms with van der Waals surface area (Å²) in [5.41, 5.74) is 3.70. The number of aliphatic hydroxyl groups excluding tert-OH is 1. The van der Waals surface area contributed by atoms with Crippen LogP contribution in [0, 0.1) is 0 Å². The first-order chi connectivity index (χ1) is 7.83. The third-order valence-electron chi connectivity index (χ3n) is 2.96. The number of fused-ring (bicyclic) bond motifs is 1. The van der Waals surface area contributed by atoms with Gasteiger partial charge >= 0.3 is 0 Å². The molecule has 2 rings (SSSR count). The number of nitrogens with zero attached hydrogens (tertiary/aromatic N) is 1. The van der Waals surface area contributed by atoms with E-state index in [1.165, 1.54) is 0 Å². The Morgan fingerprint density at radius 2 is 2.25 bits per heavy atom. The molecule has 1 N–H and O–H groups in total. The van der Waals surface area contributed by atoms with Crippen molar-refractivity contribution in [2.24, 2.45) is 0 Å². The smallest absolute Gasteiger partial charge is 0.0810 e. The first-order valence-corrected chi connectivity index (χ1v) is 6.03. The van der Waals surface area contributed by atoms with Crippen molar-refractivity contribution in [3.8, 4) is 0 Å². The van der Waals surface area contributed by atoms with Gasteiger partial charge in [0.05, 0.1) is 6.10 Å². The van der Waals surface area contributed by atoms with Gasteiger partial charge in [0, 0.05) is 29.9 Å². The van der Waals surface area contributed by atoms with Gasteiger partial charge in [0.1, 0.15) is 0 Å². The third-order valence-corrected chi connectivity index (χ3v) is 3.14. The summed E-state index contributed by atoms with van der Waals surface area (Å²) in [6, 6.07) is 8.05. The Bertz CT molecular complexity index is 378. The first kappa shape index (κ1) is 11.5. The molecule has 0 saturated carbocycles. The van der Waals surface area contributed by atoms with Gasteiger partial charge in [0.25, 0.3) is 0 Å². The lowest BCUT2D eigenvalue weighted by Crippen LogP contribution is -2.24. The SMILES string of the molecule is OC1CCCN(C/C=C/Cl)c2ccccc21. The molecule has 2 nitrogen and oxygen atoms in total. The summed E-state index contributed by atoms with van der Waals surface area (Å²) in [4.78, 5) is 2.25. The van der Waals surface area contributed by atoms with Crippen LogP contribution >= 0.6 is 11.6 Å². The average Bonchev–Trinajstić information content (AvgIpc) is 2.47. The molecule has 0 fully saturated rings. The summed E-state index contributed by atoms with van der Waals surface area (Å²) in [5.74, 6) is 0. The van der Waals surface area contributed by atoms with Crippen LogP contribution in [0.4, 0.5) is 5.69 Å². The topological polar surface area (TPSA) is 23.5 Å². The lowest BCUT2D eigenvalue weighted by atomic mass is 10.0. The molecular formula is C13H16ClNO. The van der Waals surface area contributed by atoms with E-state index < -0.39 is 0 Å². The predicted molar refractivity (Wildman–Crippen MR) is 67.8 cm³/mol. The van der Waals surface area contributed by atoms with Gasteiger partial charge in [-0.25, -0.2) is 0 Å². The van der Waals surface area contributed by atoms with Crippen molar-refractivity contribution < 1.29 is 5.11 Å². The maximum Gasteiger partial charge on any atom is 0.0810 e. The second-order valence-corrected chi connectivity index (χ2v) is 4.28. The Morgan fingerprint density at radius 1 is 1.44 bits per heavy atom. The fourth-order valence-electron chi connectivity index (χ4n) is 2.17. The fourth-order valence-corrected chi connectivity index (χ4v) is 2.25. The van der Waals surface area contributed by atoms with Crippen molar-refractivity contribution in [1.82, 2.24) is 0 Å². The minimum absolute atomic E-state index is 0.332. The largest absolute Gasteiger partial charge is 0.388 e. The van der Waals surface area contributed by atoms with Crippen molar-refractivity contribution in [3.05, 3.63) is 41.4 Å². The standard InChI is InChI=1S/C13H16ClNO/c14-8-4-10-15-9-3-7-13(16)11-5-1-2-6-12(11)15/h1-2,4-6,8,13,16H,3,7,9-10H2/b8-4+. The molecule has 0 spiro atoms. The minimum atomic E-state index is -0.332.